The molecule has 1 aliphatic rings. The highest BCUT2D eigenvalue weighted by atomic mass is 19.2. The van der Waals surface area contributed by atoms with Crippen molar-refractivity contribution >= 4 is 18.1 Å². The summed E-state index contributed by atoms with van der Waals surface area (Å²) in [5, 5.41) is 0. The summed E-state index contributed by atoms with van der Waals surface area (Å²) in [5.74, 6) is -11.7. The maximum absolute atomic E-state index is 13.7. The van der Waals surface area contributed by atoms with Crippen LogP contribution in [0.15, 0.2) is 36.4 Å². The first-order chi connectivity index (χ1) is 13.3. The monoisotopic (exact) mass is 397 g/mol. The molecule has 2 amide bonds. The van der Waals surface area contributed by atoms with Crippen molar-refractivity contribution in [3.63, 3.8) is 0 Å². The van der Waals surface area contributed by atoms with Crippen LogP contribution in [0.3, 0.4) is 0 Å². The molecule has 1 atom stereocenters. The van der Waals surface area contributed by atoms with Gasteiger partial charge in [-0.05, 0) is 18.1 Å². The quantitative estimate of drug-likeness (QED) is 0.339. The molecule has 0 saturated carbocycles. The maximum atomic E-state index is 13.7. The highest BCUT2D eigenvalue weighted by Gasteiger charge is 2.37. The summed E-state index contributed by atoms with van der Waals surface area (Å²) in [7, 11) is 0. The summed E-state index contributed by atoms with van der Waals surface area (Å²) < 4.78 is 71.7. The largest absolute Gasteiger partial charge is 0.447 e. The first-order valence-electron chi connectivity index (χ1n) is 8.04. The molecule has 0 aromatic heterocycles. The first kappa shape index (κ1) is 19.5. The normalized spacial score (nSPS) is 16.7. The molecule has 9 heteroatoms. The Labute approximate surface area is 155 Å². The third kappa shape index (κ3) is 3.60. The standard InChI is InChI=1S/C19H12F5NO3/c20-14-12(15(21)17(23)18(24)16(14)22)6-7-13(26)25-11(9-28-19(25)27)8-10-4-2-1-3-5-10/h1-7,11H,8-9H2/t11-/m1/s1. The number of imide groups is 1. The van der Waals surface area contributed by atoms with Gasteiger partial charge in [0.15, 0.2) is 23.3 Å². The van der Waals surface area contributed by atoms with Gasteiger partial charge >= 0.3 is 6.09 Å². The highest BCUT2D eigenvalue weighted by Crippen LogP contribution is 2.24. The van der Waals surface area contributed by atoms with Crippen LogP contribution in [0.2, 0.25) is 0 Å². The van der Waals surface area contributed by atoms with Crippen LogP contribution in [0.4, 0.5) is 26.7 Å². The minimum Gasteiger partial charge on any atom is -0.447 e. The van der Waals surface area contributed by atoms with Crippen molar-refractivity contribution in [3.05, 3.63) is 76.6 Å². The molecule has 0 N–H and O–H groups in total. The molecular weight excluding hydrogens is 385 g/mol. The van der Waals surface area contributed by atoms with Crippen LogP contribution in [-0.2, 0) is 16.0 Å². The number of hydrogen-bond acceptors (Lipinski definition) is 3. The third-order valence-corrected chi connectivity index (χ3v) is 4.15. The molecule has 0 bridgehead atoms. The van der Waals surface area contributed by atoms with Gasteiger partial charge < -0.3 is 4.74 Å². The lowest BCUT2D eigenvalue weighted by molar-refractivity contribution is -0.124. The average molecular weight is 397 g/mol. The summed E-state index contributed by atoms with van der Waals surface area (Å²) in [5.41, 5.74) is -0.468. The molecule has 28 heavy (non-hydrogen) atoms. The molecule has 4 nitrogen and oxygen atoms in total. The van der Waals surface area contributed by atoms with Crippen molar-refractivity contribution in [2.45, 2.75) is 12.5 Å². The van der Waals surface area contributed by atoms with Gasteiger partial charge in [-0.3, -0.25) is 4.79 Å². The van der Waals surface area contributed by atoms with Crippen LogP contribution in [0.5, 0.6) is 0 Å². The second-order valence-electron chi connectivity index (χ2n) is 5.95. The zero-order valence-electron chi connectivity index (χ0n) is 14.1. The number of carbonyl (C=O) groups is 2. The lowest BCUT2D eigenvalue weighted by atomic mass is 10.1. The van der Waals surface area contributed by atoms with E-state index in [4.69, 9.17) is 4.74 Å². The Balaban J connectivity index is 1.84. The van der Waals surface area contributed by atoms with Crippen molar-refractivity contribution in [1.29, 1.82) is 0 Å². The second kappa shape index (κ2) is 7.79. The summed E-state index contributed by atoms with van der Waals surface area (Å²) in [4.78, 5) is 24.9. The van der Waals surface area contributed by atoms with Crippen LogP contribution in [0.1, 0.15) is 11.1 Å². The molecule has 3 rings (SSSR count). The predicted molar refractivity (Wildman–Crippen MR) is 87.4 cm³/mol. The van der Waals surface area contributed by atoms with E-state index in [9.17, 15) is 31.5 Å². The van der Waals surface area contributed by atoms with Crippen molar-refractivity contribution in [3.8, 4) is 0 Å². The van der Waals surface area contributed by atoms with Crippen molar-refractivity contribution < 1.29 is 36.3 Å². The Hall–Kier alpha value is -3.23. The number of rotatable bonds is 4. The van der Waals surface area contributed by atoms with E-state index in [0.717, 1.165) is 10.5 Å². The number of halogens is 5. The zero-order valence-corrected chi connectivity index (χ0v) is 14.1. The molecule has 0 aliphatic carbocycles. The van der Waals surface area contributed by atoms with E-state index in [1.54, 1.807) is 30.3 Å². The Kier molecular flexibility index (Phi) is 5.43. The van der Waals surface area contributed by atoms with E-state index in [2.05, 4.69) is 0 Å². The molecule has 2 aromatic rings. The molecule has 1 saturated heterocycles. The fraction of sp³-hybridized carbons (Fsp3) is 0.158. The fourth-order valence-corrected chi connectivity index (χ4v) is 2.77. The van der Waals surface area contributed by atoms with Crippen molar-refractivity contribution in [2.75, 3.05) is 6.61 Å². The molecule has 2 aromatic carbocycles. The SMILES string of the molecule is O=C(C=Cc1c(F)c(F)c(F)c(F)c1F)N1C(=O)OC[C@H]1Cc1ccccc1. The van der Waals surface area contributed by atoms with E-state index in [1.807, 2.05) is 0 Å². The topological polar surface area (TPSA) is 46.6 Å². The van der Waals surface area contributed by atoms with E-state index < -0.39 is 52.7 Å². The molecule has 0 radical (unpaired) electrons. The van der Waals surface area contributed by atoms with E-state index in [0.29, 0.717) is 12.2 Å². The molecule has 146 valence electrons. The number of amides is 2. The number of cyclic esters (lactones) is 1. The van der Waals surface area contributed by atoms with Gasteiger partial charge in [-0.15, -0.1) is 0 Å². The molecule has 1 fully saturated rings. The van der Waals surface area contributed by atoms with Gasteiger partial charge in [-0.2, -0.15) is 0 Å². The predicted octanol–water partition coefficient (Wildman–Crippen LogP) is 3.99. The summed E-state index contributed by atoms with van der Waals surface area (Å²) in [6, 6.07) is 8.19. The van der Waals surface area contributed by atoms with Gasteiger partial charge in [0.05, 0.1) is 11.6 Å². The molecule has 0 spiro atoms. The second-order valence-corrected chi connectivity index (χ2v) is 5.95. The van der Waals surface area contributed by atoms with Gasteiger partial charge in [0.25, 0.3) is 5.91 Å². The molecule has 1 heterocycles. The smallest absolute Gasteiger partial charge is 0.417 e. The van der Waals surface area contributed by atoms with Crippen LogP contribution >= 0.6 is 0 Å². The minimum absolute atomic E-state index is 0.0875. The van der Waals surface area contributed by atoms with E-state index >= 15 is 0 Å². The summed E-state index contributed by atoms with van der Waals surface area (Å²) >= 11 is 0. The van der Waals surface area contributed by atoms with Gasteiger partial charge in [0.1, 0.15) is 6.61 Å². The Morgan fingerprint density at radius 3 is 2.18 bits per heavy atom. The number of ether oxygens (including phenoxy) is 1. The summed E-state index contributed by atoms with van der Waals surface area (Å²) in [6.45, 7) is -0.0875. The van der Waals surface area contributed by atoms with Gasteiger partial charge in [-0.1, -0.05) is 30.3 Å². The number of carbonyl (C=O) groups excluding carboxylic acids is 2. The lowest BCUT2D eigenvalue weighted by Gasteiger charge is -2.18. The van der Waals surface area contributed by atoms with Crippen LogP contribution in [-0.4, -0.2) is 29.5 Å². The van der Waals surface area contributed by atoms with Gasteiger partial charge in [-0.25, -0.2) is 31.6 Å². The zero-order chi connectivity index (χ0) is 20.4. The summed E-state index contributed by atoms with van der Waals surface area (Å²) in [6.07, 6.45) is 0.300. The Morgan fingerprint density at radius 2 is 1.57 bits per heavy atom. The van der Waals surface area contributed by atoms with Crippen molar-refractivity contribution in [1.82, 2.24) is 4.90 Å². The van der Waals surface area contributed by atoms with Gasteiger partial charge in [0.2, 0.25) is 5.82 Å². The fourth-order valence-electron chi connectivity index (χ4n) is 2.77. The van der Waals surface area contributed by atoms with Crippen LogP contribution < -0.4 is 0 Å². The Bertz CT molecular complexity index is 933. The first-order valence-corrected chi connectivity index (χ1v) is 8.04. The molecular formula is C19H12F5NO3. The lowest BCUT2D eigenvalue weighted by Crippen LogP contribution is -2.39. The third-order valence-electron chi connectivity index (χ3n) is 4.15. The number of hydrogen-bond donors (Lipinski definition) is 0. The number of benzene rings is 2. The van der Waals surface area contributed by atoms with Gasteiger partial charge in [0, 0.05) is 6.08 Å². The van der Waals surface area contributed by atoms with Crippen molar-refractivity contribution in [2.24, 2.45) is 0 Å². The molecule has 0 unspecified atom stereocenters. The average Bonchev–Trinajstić information content (AvgIpc) is 3.05. The Morgan fingerprint density at radius 1 is 1.00 bits per heavy atom. The minimum atomic E-state index is -2.30. The van der Waals surface area contributed by atoms with Crippen LogP contribution in [0.25, 0.3) is 6.08 Å². The maximum Gasteiger partial charge on any atom is 0.417 e. The van der Waals surface area contributed by atoms with E-state index in [1.165, 1.54) is 0 Å². The highest BCUT2D eigenvalue weighted by molar-refractivity contribution is 6.02. The number of nitrogens with zero attached hydrogens (tertiary/aromatic N) is 1. The van der Waals surface area contributed by atoms with E-state index in [-0.39, 0.29) is 13.0 Å². The molecule has 1 aliphatic heterocycles. The van der Waals surface area contributed by atoms with Crippen LogP contribution in [0, 0.1) is 29.1 Å².